The van der Waals surface area contributed by atoms with Gasteiger partial charge in [0.05, 0.1) is 0 Å². The third-order valence-electron chi connectivity index (χ3n) is 3.82. The summed E-state index contributed by atoms with van der Waals surface area (Å²) in [5.74, 6) is -0.171. The topological polar surface area (TPSA) is 29.1 Å². The lowest BCUT2D eigenvalue weighted by Crippen LogP contribution is -2.18. The number of nitrogens with one attached hydrogen (secondary N) is 1. The fourth-order valence-electron chi connectivity index (χ4n) is 2.38. The van der Waals surface area contributed by atoms with Crippen LogP contribution in [0, 0.1) is 0 Å². The zero-order valence-electron chi connectivity index (χ0n) is 16.7. The Labute approximate surface area is 163 Å². The van der Waals surface area contributed by atoms with Crippen molar-refractivity contribution in [2.45, 2.75) is 27.7 Å². The number of hydrogen-bond acceptors (Lipinski definition) is 1. The van der Waals surface area contributed by atoms with E-state index in [-0.39, 0.29) is 5.91 Å². The number of amides is 1. The van der Waals surface area contributed by atoms with Gasteiger partial charge in [-0.05, 0) is 48.3 Å². The molecular formula is C25H29NO. The highest BCUT2D eigenvalue weighted by atomic mass is 16.1. The zero-order chi connectivity index (χ0) is 20.1. The summed E-state index contributed by atoms with van der Waals surface area (Å²) in [6.07, 6.45) is 8.62. The van der Waals surface area contributed by atoms with Crippen molar-refractivity contribution in [3.63, 3.8) is 0 Å². The average molecular weight is 360 g/mol. The standard InChI is InChI=1S/C23H23NO.C2H6/c1-4-22(5-2)24-23(25)16-9-11-18(3)20-14-10-15-21(17-20)19-12-7-6-8-13-19;1-2/h4-17H,1H2,2-3H3,(H,24,25);1-2H3/b16-9-,18-11+,22-5+;. The summed E-state index contributed by atoms with van der Waals surface area (Å²) < 4.78 is 0. The van der Waals surface area contributed by atoms with Crippen LogP contribution in [0.15, 0.2) is 97.3 Å². The molecule has 0 aliphatic heterocycles. The number of carbonyl (C=O) groups is 1. The average Bonchev–Trinajstić information content (AvgIpc) is 2.74. The van der Waals surface area contributed by atoms with Gasteiger partial charge in [-0.15, -0.1) is 0 Å². The Morgan fingerprint density at radius 3 is 2.30 bits per heavy atom. The van der Waals surface area contributed by atoms with Gasteiger partial charge in [-0.3, -0.25) is 4.79 Å². The predicted molar refractivity (Wildman–Crippen MR) is 118 cm³/mol. The van der Waals surface area contributed by atoms with Crippen LogP contribution in [0.1, 0.15) is 33.3 Å². The summed E-state index contributed by atoms with van der Waals surface area (Å²) in [6.45, 7) is 11.5. The maximum Gasteiger partial charge on any atom is 0.248 e. The molecule has 0 fully saturated rings. The molecule has 2 aromatic carbocycles. The van der Waals surface area contributed by atoms with Crippen molar-refractivity contribution in [3.05, 3.63) is 103 Å². The van der Waals surface area contributed by atoms with Crippen LogP contribution in [0.4, 0.5) is 0 Å². The van der Waals surface area contributed by atoms with Crippen molar-refractivity contribution in [3.8, 4) is 11.1 Å². The predicted octanol–water partition coefficient (Wildman–Crippen LogP) is 6.55. The maximum atomic E-state index is 11.8. The fraction of sp³-hybridized carbons (Fsp3) is 0.160. The Kier molecular flexibility index (Phi) is 9.95. The van der Waals surface area contributed by atoms with Crippen molar-refractivity contribution in [1.29, 1.82) is 0 Å². The normalized spacial score (nSPS) is 11.6. The molecule has 0 heterocycles. The summed E-state index contributed by atoms with van der Waals surface area (Å²) in [7, 11) is 0. The van der Waals surface area contributed by atoms with Crippen LogP contribution < -0.4 is 5.32 Å². The number of carbonyl (C=O) groups excluding carboxylic acids is 1. The first kappa shape index (κ1) is 21.9. The molecule has 0 unspecified atom stereocenters. The lowest BCUT2D eigenvalue weighted by Gasteiger charge is -2.06. The van der Waals surface area contributed by atoms with Crippen molar-refractivity contribution in [2.75, 3.05) is 0 Å². The van der Waals surface area contributed by atoms with E-state index in [0.717, 1.165) is 11.1 Å². The number of benzene rings is 2. The summed E-state index contributed by atoms with van der Waals surface area (Å²) in [5, 5.41) is 2.75. The quantitative estimate of drug-likeness (QED) is 0.460. The van der Waals surface area contributed by atoms with Gasteiger partial charge in [0.25, 0.3) is 0 Å². The van der Waals surface area contributed by atoms with Crippen LogP contribution in [0.25, 0.3) is 16.7 Å². The van der Waals surface area contributed by atoms with E-state index in [2.05, 4.69) is 42.2 Å². The first-order valence-corrected chi connectivity index (χ1v) is 9.24. The molecule has 0 aliphatic rings. The van der Waals surface area contributed by atoms with Crippen LogP contribution in [0.5, 0.6) is 0 Å². The highest BCUT2D eigenvalue weighted by Crippen LogP contribution is 2.23. The Bertz CT molecular complexity index is 826. The Hall–Kier alpha value is -3.13. The van der Waals surface area contributed by atoms with Crippen molar-refractivity contribution >= 4 is 11.5 Å². The second kappa shape index (κ2) is 12.3. The largest absolute Gasteiger partial charge is 0.323 e. The van der Waals surface area contributed by atoms with E-state index in [9.17, 15) is 4.79 Å². The highest BCUT2D eigenvalue weighted by molar-refractivity contribution is 5.89. The van der Waals surface area contributed by atoms with Crippen molar-refractivity contribution in [2.24, 2.45) is 0 Å². The van der Waals surface area contributed by atoms with E-state index in [1.807, 2.05) is 58.0 Å². The van der Waals surface area contributed by atoms with Gasteiger partial charge in [-0.1, -0.05) is 87.2 Å². The van der Waals surface area contributed by atoms with Gasteiger partial charge in [0.2, 0.25) is 5.91 Å². The molecule has 1 amide bonds. The summed E-state index contributed by atoms with van der Waals surface area (Å²) in [5.41, 5.74) is 5.29. The minimum atomic E-state index is -0.171. The molecule has 0 radical (unpaired) electrons. The molecule has 1 N–H and O–H groups in total. The molecular weight excluding hydrogens is 330 g/mol. The van der Waals surface area contributed by atoms with Gasteiger partial charge in [0, 0.05) is 11.8 Å². The van der Waals surface area contributed by atoms with Gasteiger partial charge in [0.1, 0.15) is 0 Å². The molecule has 2 heteroatoms. The molecule has 2 aromatic rings. The van der Waals surface area contributed by atoms with E-state index in [0.29, 0.717) is 5.70 Å². The van der Waals surface area contributed by atoms with E-state index in [1.165, 1.54) is 17.2 Å². The third-order valence-corrected chi connectivity index (χ3v) is 3.82. The van der Waals surface area contributed by atoms with E-state index >= 15 is 0 Å². The molecule has 140 valence electrons. The smallest absolute Gasteiger partial charge is 0.248 e. The molecule has 0 aliphatic carbocycles. The molecule has 2 rings (SSSR count). The minimum absolute atomic E-state index is 0.171. The van der Waals surface area contributed by atoms with Crippen LogP contribution in [-0.4, -0.2) is 5.91 Å². The van der Waals surface area contributed by atoms with Crippen LogP contribution in [-0.2, 0) is 4.79 Å². The fourth-order valence-corrected chi connectivity index (χ4v) is 2.38. The summed E-state index contributed by atoms with van der Waals surface area (Å²) in [4.78, 5) is 11.8. The number of allylic oxidation sites excluding steroid dienone is 5. The summed E-state index contributed by atoms with van der Waals surface area (Å²) in [6, 6.07) is 18.7. The Morgan fingerprint density at radius 2 is 1.67 bits per heavy atom. The van der Waals surface area contributed by atoms with Crippen LogP contribution in [0.2, 0.25) is 0 Å². The summed E-state index contributed by atoms with van der Waals surface area (Å²) >= 11 is 0. The molecule has 0 atom stereocenters. The zero-order valence-corrected chi connectivity index (χ0v) is 16.7. The SMILES string of the molecule is C=C/C(=C\C)NC(=O)/C=C\C=C(/C)c1cccc(-c2ccccc2)c1.CC. The minimum Gasteiger partial charge on any atom is -0.323 e. The lowest BCUT2D eigenvalue weighted by molar-refractivity contribution is -0.115. The van der Waals surface area contributed by atoms with E-state index in [1.54, 1.807) is 18.2 Å². The third kappa shape index (κ3) is 7.33. The van der Waals surface area contributed by atoms with Gasteiger partial charge in [-0.2, -0.15) is 0 Å². The van der Waals surface area contributed by atoms with E-state index in [4.69, 9.17) is 0 Å². The first-order chi connectivity index (χ1) is 13.1. The van der Waals surface area contributed by atoms with Crippen molar-refractivity contribution < 1.29 is 4.79 Å². The molecule has 0 spiro atoms. The van der Waals surface area contributed by atoms with Gasteiger partial charge in [0.15, 0.2) is 0 Å². The molecule has 27 heavy (non-hydrogen) atoms. The highest BCUT2D eigenvalue weighted by Gasteiger charge is 2.00. The monoisotopic (exact) mass is 359 g/mol. The molecule has 0 aromatic heterocycles. The Morgan fingerprint density at radius 1 is 1.00 bits per heavy atom. The number of hydrogen-bond donors (Lipinski definition) is 1. The molecule has 2 nitrogen and oxygen atoms in total. The van der Waals surface area contributed by atoms with Gasteiger partial charge >= 0.3 is 0 Å². The van der Waals surface area contributed by atoms with Gasteiger partial charge in [-0.25, -0.2) is 0 Å². The molecule has 0 saturated carbocycles. The number of rotatable bonds is 6. The van der Waals surface area contributed by atoms with Crippen LogP contribution in [0.3, 0.4) is 0 Å². The maximum absolute atomic E-state index is 11.8. The second-order valence-electron chi connectivity index (χ2n) is 5.59. The Balaban J connectivity index is 0.00000176. The van der Waals surface area contributed by atoms with E-state index < -0.39 is 0 Å². The first-order valence-electron chi connectivity index (χ1n) is 9.24. The molecule has 0 saturated heterocycles. The van der Waals surface area contributed by atoms with Gasteiger partial charge < -0.3 is 5.32 Å². The lowest BCUT2D eigenvalue weighted by atomic mass is 9.99. The van der Waals surface area contributed by atoms with Crippen molar-refractivity contribution in [1.82, 2.24) is 5.32 Å². The van der Waals surface area contributed by atoms with Crippen LogP contribution >= 0.6 is 0 Å². The molecule has 0 bridgehead atoms. The second-order valence-corrected chi connectivity index (χ2v) is 5.59.